The number of furan rings is 1. The third-order valence-corrected chi connectivity index (χ3v) is 2.71. The Morgan fingerprint density at radius 1 is 1.44 bits per heavy atom. The molecule has 0 unspecified atom stereocenters. The maximum atomic E-state index is 11.7. The standard InChI is InChI=1S/C12H15N3O3/c1-4-15-9(3)13-14-10(15)7-18-12(16)11-8(2)5-6-17-11/h5-6H,4,7H2,1-3H3. The van der Waals surface area contributed by atoms with E-state index < -0.39 is 5.97 Å². The van der Waals surface area contributed by atoms with E-state index in [1.54, 1.807) is 13.0 Å². The summed E-state index contributed by atoms with van der Waals surface area (Å²) in [6, 6.07) is 1.72. The zero-order valence-corrected chi connectivity index (χ0v) is 10.6. The highest BCUT2D eigenvalue weighted by atomic mass is 16.5. The van der Waals surface area contributed by atoms with E-state index in [9.17, 15) is 4.79 Å². The Morgan fingerprint density at radius 3 is 2.83 bits per heavy atom. The molecule has 2 aromatic heterocycles. The summed E-state index contributed by atoms with van der Waals surface area (Å²) in [6.45, 7) is 6.47. The zero-order chi connectivity index (χ0) is 13.1. The summed E-state index contributed by atoms with van der Waals surface area (Å²) in [4.78, 5) is 11.7. The van der Waals surface area contributed by atoms with Gasteiger partial charge in [0.2, 0.25) is 5.76 Å². The van der Waals surface area contributed by atoms with Crippen LogP contribution in [0.4, 0.5) is 0 Å². The van der Waals surface area contributed by atoms with Gasteiger partial charge in [0.1, 0.15) is 5.82 Å². The Hall–Kier alpha value is -2.11. The summed E-state index contributed by atoms with van der Waals surface area (Å²) in [7, 11) is 0. The zero-order valence-electron chi connectivity index (χ0n) is 10.6. The van der Waals surface area contributed by atoms with Crippen molar-refractivity contribution in [1.82, 2.24) is 14.8 Å². The molecule has 0 aliphatic rings. The molecule has 0 aromatic carbocycles. The van der Waals surface area contributed by atoms with Crippen molar-refractivity contribution in [1.29, 1.82) is 0 Å². The van der Waals surface area contributed by atoms with Crippen LogP contribution in [0.3, 0.4) is 0 Å². The highest BCUT2D eigenvalue weighted by Crippen LogP contribution is 2.11. The molecule has 0 N–H and O–H groups in total. The topological polar surface area (TPSA) is 70.2 Å². The van der Waals surface area contributed by atoms with Crippen LogP contribution >= 0.6 is 0 Å². The summed E-state index contributed by atoms with van der Waals surface area (Å²) in [5, 5.41) is 7.91. The van der Waals surface area contributed by atoms with E-state index in [2.05, 4.69) is 10.2 Å². The Balaban J connectivity index is 2.04. The second-order valence-corrected chi connectivity index (χ2v) is 3.92. The predicted octanol–water partition coefficient (Wildman–Crippen LogP) is 1.86. The van der Waals surface area contributed by atoms with Crippen molar-refractivity contribution in [3.63, 3.8) is 0 Å². The third-order valence-electron chi connectivity index (χ3n) is 2.71. The van der Waals surface area contributed by atoms with Crippen LogP contribution in [0, 0.1) is 13.8 Å². The lowest BCUT2D eigenvalue weighted by Gasteiger charge is -2.05. The molecule has 0 saturated carbocycles. The smallest absolute Gasteiger partial charge is 0.374 e. The fraction of sp³-hybridized carbons (Fsp3) is 0.417. The molecule has 6 nitrogen and oxygen atoms in total. The normalized spacial score (nSPS) is 10.6. The van der Waals surface area contributed by atoms with Gasteiger partial charge in [-0.3, -0.25) is 0 Å². The second-order valence-electron chi connectivity index (χ2n) is 3.92. The number of aryl methyl sites for hydroxylation is 2. The Bertz CT molecular complexity index is 557. The van der Waals surface area contributed by atoms with Gasteiger partial charge in [0, 0.05) is 12.1 Å². The van der Waals surface area contributed by atoms with Gasteiger partial charge in [0.15, 0.2) is 12.4 Å². The lowest BCUT2D eigenvalue weighted by Crippen LogP contribution is -2.10. The molecule has 0 fully saturated rings. The monoisotopic (exact) mass is 249 g/mol. The van der Waals surface area contributed by atoms with Crippen LogP contribution in [0.2, 0.25) is 0 Å². The lowest BCUT2D eigenvalue weighted by atomic mass is 10.3. The summed E-state index contributed by atoms with van der Waals surface area (Å²) in [5.41, 5.74) is 0.758. The number of rotatable bonds is 4. The number of esters is 1. The van der Waals surface area contributed by atoms with Gasteiger partial charge in [-0.2, -0.15) is 0 Å². The number of carbonyl (C=O) groups excluding carboxylic acids is 1. The first-order valence-electron chi connectivity index (χ1n) is 5.73. The van der Waals surface area contributed by atoms with E-state index in [-0.39, 0.29) is 12.4 Å². The van der Waals surface area contributed by atoms with E-state index in [0.29, 0.717) is 5.82 Å². The van der Waals surface area contributed by atoms with Crippen molar-refractivity contribution in [2.45, 2.75) is 33.9 Å². The van der Waals surface area contributed by atoms with Crippen LogP contribution in [0.1, 0.15) is 34.7 Å². The molecule has 2 rings (SSSR count). The molecule has 2 aromatic rings. The van der Waals surface area contributed by atoms with Gasteiger partial charge in [0.25, 0.3) is 0 Å². The first kappa shape index (κ1) is 12.3. The van der Waals surface area contributed by atoms with Gasteiger partial charge in [-0.15, -0.1) is 10.2 Å². The number of nitrogens with zero attached hydrogens (tertiary/aromatic N) is 3. The van der Waals surface area contributed by atoms with Gasteiger partial charge in [-0.05, 0) is 26.8 Å². The van der Waals surface area contributed by atoms with Crippen LogP contribution in [-0.2, 0) is 17.9 Å². The van der Waals surface area contributed by atoms with Gasteiger partial charge >= 0.3 is 5.97 Å². The highest BCUT2D eigenvalue weighted by molar-refractivity contribution is 5.87. The Kier molecular flexibility index (Phi) is 3.45. The quantitative estimate of drug-likeness (QED) is 0.773. The molecule has 18 heavy (non-hydrogen) atoms. The van der Waals surface area contributed by atoms with Crippen LogP contribution in [0.5, 0.6) is 0 Å². The number of ether oxygens (including phenoxy) is 1. The molecular formula is C12H15N3O3. The van der Waals surface area contributed by atoms with Gasteiger partial charge in [-0.1, -0.05) is 0 Å². The van der Waals surface area contributed by atoms with Crippen molar-refractivity contribution in [2.75, 3.05) is 0 Å². The number of hydrogen-bond acceptors (Lipinski definition) is 5. The minimum absolute atomic E-state index is 0.0909. The molecule has 0 amide bonds. The van der Waals surface area contributed by atoms with Crippen molar-refractivity contribution >= 4 is 5.97 Å². The van der Waals surface area contributed by atoms with E-state index in [1.807, 2.05) is 18.4 Å². The fourth-order valence-electron chi connectivity index (χ4n) is 1.72. The first-order chi connectivity index (χ1) is 8.63. The number of carbonyl (C=O) groups is 1. The molecule has 0 atom stereocenters. The predicted molar refractivity (Wildman–Crippen MR) is 63.0 cm³/mol. The second kappa shape index (κ2) is 5.03. The van der Waals surface area contributed by atoms with Gasteiger partial charge < -0.3 is 13.7 Å². The molecule has 0 bridgehead atoms. The first-order valence-corrected chi connectivity index (χ1v) is 5.73. The van der Waals surface area contributed by atoms with E-state index in [4.69, 9.17) is 9.15 Å². The summed E-state index contributed by atoms with van der Waals surface area (Å²) in [5.74, 6) is 1.18. The molecule has 0 spiro atoms. The third kappa shape index (κ3) is 2.27. The maximum absolute atomic E-state index is 11.7. The molecule has 0 aliphatic carbocycles. The average molecular weight is 249 g/mol. The molecule has 0 aliphatic heterocycles. The fourth-order valence-corrected chi connectivity index (χ4v) is 1.72. The summed E-state index contributed by atoms with van der Waals surface area (Å²) in [6.07, 6.45) is 1.46. The van der Waals surface area contributed by atoms with Crippen LogP contribution in [0.15, 0.2) is 16.7 Å². The molecular weight excluding hydrogens is 234 g/mol. The molecule has 96 valence electrons. The Labute approximate surface area is 105 Å². The molecule has 6 heteroatoms. The highest BCUT2D eigenvalue weighted by Gasteiger charge is 2.16. The largest absolute Gasteiger partial charge is 0.457 e. The van der Waals surface area contributed by atoms with Crippen molar-refractivity contribution < 1.29 is 13.9 Å². The lowest BCUT2D eigenvalue weighted by molar-refractivity contribution is 0.0420. The van der Waals surface area contributed by atoms with Crippen molar-refractivity contribution in [3.05, 3.63) is 35.3 Å². The summed E-state index contributed by atoms with van der Waals surface area (Å²) < 4.78 is 12.1. The van der Waals surface area contributed by atoms with Crippen LogP contribution in [0.25, 0.3) is 0 Å². The number of hydrogen-bond donors (Lipinski definition) is 0. The SMILES string of the molecule is CCn1c(C)nnc1COC(=O)c1occc1C. The average Bonchev–Trinajstić information content (AvgIpc) is 2.92. The Morgan fingerprint density at radius 2 is 2.22 bits per heavy atom. The van der Waals surface area contributed by atoms with Gasteiger partial charge in [0.05, 0.1) is 6.26 Å². The van der Waals surface area contributed by atoms with Crippen LogP contribution in [-0.4, -0.2) is 20.7 Å². The summed E-state index contributed by atoms with van der Waals surface area (Å²) >= 11 is 0. The van der Waals surface area contributed by atoms with Crippen molar-refractivity contribution in [3.8, 4) is 0 Å². The number of aromatic nitrogens is 3. The van der Waals surface area contributed by atoms with E-state index in [1.165, 1.54) is 6.26 Å². The van der Waals surface area contributed by atoms with Gasteiger partial charge in [-0.25, -0.2) is 4.79 Å². The van der Waals surface area contributed by atoms with E-state index >= 15 is 0 Å². The maximum Gasteiger partial charge on any atom is 0.374 e. The molecule has 2 heterocycles. The van der Waals surface area contributed by atoms with Crippen LogP contribution < -0.4 is 0 Å². The minimum Gasteiger partial charge on any atom is -0.457 e. The minimum atomic E-state index is -0.485. The molecule has 0 saturated heterocycles. The molecule has 0 radical (unpaired) electrons. The van der Waals surface area contributed by atoms with Crippen molar-refractivity contribution in [2.24, 2.45) is 0 Å². The van der Waals surface area contributed by atoms with E-state index in [0.717, 1.165) is 17.9 Å².